The topological polar surface area (TPSA) is 39.1 Å². The molecule has 0 bridgehead atoms. The van der Waals surface area contributed by atoms with Gasteiger partial charge in [-0.15, -0.1) is 0 Å². The highest BCUT2D eigenvalue weighted by atomic mass is 16.5. The Labute approximate surface area is 189 Å². The molecule has 1 N–H and O–H groups in total. The zero-order valence-corrected chi connectivity index (χ0v) is 18.5. The molecule has 0 saturated carbocycles. The first-order valence-electron chi connectivity index (χ1n) is 11.4. The third kappa shape index (κ3) is 4.13. The molecule has 162 valence electrons. The second kappa shape index (κ2) is 9.31. The van der Waals surface area contributed by atoms with Gasteiger partial charge in [0.05, 0.1) is 18.5 Å². The van der Waals surface area contributed by atoms with E-state index in [1.54, 1.807) is 7.11 Å². The van der Waals surface area contributed by atoms with Crippen LogP contribution in [0.1, 0.15) is 41.1 Å². The lowest BCUT2D eigenvalue weighted by Gasteiger charge is -2.18. The predicted octanol–water partition coefficient (Wildman–Crippen LogP) is 6.00. The number of rotatable bonds is 6. The van der Waals surface area contributed by atoms with Crippen molar-refractivity contribution in [2.75, 3.05) is 19.0 Å². The monoisotopic (exact) mass is 423 g/mol. The van der Waals surface area contributed by atoms with Crippen molar-refractivity contribution in [3.8, 4) is 11.4 Å². The average molecular weight is 424 g/mol. The van der Waals surface area contributed by atoms with E-state index in [0.717, 1.165) is 36.6 Å². The summed E-state index contributed by atoms with van der Waals surface area (Å²) in [6.45, 7) is 0.981. The summed E-state index contributed by atoms with van der Waals surface area (Å²) in [6.07, 6.45) is 4.30. The van der Waals surface area contributed by atoms with Gasteiger partial charge in [-0.05, 0) is 54.7 Å². The molecule has 0 saturated heterocycles. The normalized spacial score (nSPS) is 13.3. The van der Waals surface area contributed by atoms with E-state index in [-0.39, 0.29) is 5.92 Å². The van der Waals surface area contributed by atoms with Crippen LogP contribution >= 0.6 is 0 Å². The van der Waals surface area contributed by atoms with Gasteiger partial charge in [0.15, 0.2) is 0 Å². The third-order valence-corrected chi connectivity index (χ3v) is 6.33. The number of anilines is 1. The van der Waals surface area contributed by atoms with Crippen LogP contribution in [-0.2, 0) is 12.8 Å². The Morgan fingerprint density at radius 1 is 0.875 bits per heavy atom. The van der Waals surface area contributed by atoms with Crippen LogP contribution in [0.5, 0.6) is 5.75 Å². The van der Waals surface area contributed by atoms with Crippen LogP contribution in [0.25, 0.3) is 5.69 Å². The summed E-state index contributed by atoms with van der Waals surface area (Å²) in [4.78, 5) is 0. The minimum absolute atomic E-state index is 0.268. The molecular formula is C28H29N3O. The van der Waals surface area contributed by atoms with E-state index in [1.165, 1.54) is 35.2 Å². The molecule has 3 aromatic carbocycles. The van der Waals surface area contributed by atoms with Gasteiger partial charge in [-0.2, -0.15) is 5.10 Å². The van der Waals surface area contributed by atoms with Gasteiger partial charge in [0, 0.05) is 24.4 Å². The molecule has 5 rings (SSSR count). The third-order valence-electron chi connectivity index (χ3n) is 6.33. The summed E-state index contributed by atoms with van der Waals surface area (Å²) in [5, 5.41) is 8.83. The summed E-state index contributed by atoms with van der Waals surface area (Å²) in [5.74, 6) is 2.26. The molecule has 2 heterocycles. The Hall–Kier alpha value is -3.53. The zero-order valence-electron chi connectivity index (χ0n) is 18.5. The van der Waals surface area contributed by atoms with Crippen molar-refractivity contribution in [2.45, 2.75) is 31.6 Å². The molecule has 0 radical (unpaired) electrons. The predicted molar refractivity (Wildman–Crippen MR) is 130 cm³/mol. The van der Waals surface area contributed by atoms with Crippen molar-refractivity contribution in [2.24, 2.45) is 0 Å². The largest absolute Gasteiger partial charge is 0.497 e. The molecule has 0 atom stereocenters. The van der Waals surface area contributed by atoms with Gasteiger partial charge in [-0.3, -0.25) is 0 Å². The molecule has 0 amide bonds. The van der Waals surface area contributed by atoms with Crippen LogP contribution in [-0.4, -0.2) is 23.4 Å². The molecular weight excluding hydrogens is 394 g/mol. The van der Waals surface area contributed by atoms with Gasteiger partial charge >= 0.3 is 0 Å². The van der Waals surface area contributed by atoms with Crippen molar-refractivity contribution in [3.05, 3.63) is 107 Å². The number of nitrogens with zero attached hydrogens (tertiary/aromatic N) is 2. The van der Waals surface area contributed by atoms with E-state index >= 15 is 0 Å². The Balaban J connectivity index is 1.58. The van der Waals surface area contributed by atoms with Crippen LogP contribution in [0.4, 0.5) is 5.82 Å². The maximum atomic E-state index is 5.35. The number of hydrogen-bond donors (Lipinski definition) is 1. The second-order valence-electron chi connectivity index (χ2n) is 8.35. The molecule has 0 fully saturated rings. The fourth-order valence-corrected chi connectivity index (χ4v) is 4.64. The number of methoxy groups -OCH3 is 1. The smallest absolute Gasteiger partial charge is 0.133 e. The maximum absolute atomic E-state index is 5.35. The molecule has 4 heteroatoms. The lowest BCUT2D eigenvalue weighted by molar-refractivity contribution is 0.414. The summed E-state index contributed by atoms with van der Waals surface area (Å²) >= 11 is 0. The zero-order chi connectivity index (χ0) is 21.8. The van der Waals surface area contributed by atoms with Gasteiger partial charge in [0.25, 0.3) is 0 Å². The summed E-state index contributed by atoms with van der Waals surface area (Å²) in [7, 11) is 1.70. The van der Waals surface area contributed by atoms with Gasteiger partial charge in [0.2, 0.25) is 0 Å². The lowest BCUT2D eigenvalue weighted by Crippen LogP contribution is -2.08. The maximum Gasteiger partial charge on any atom is 0.133 e. The summed E-state index contributed by atoms with van der Waals surface area (Å²) < 4.78 is 7.43. The quantitative estimate of drug-likeness (QED) is 0.413. The summed E-state index contributed by atoms with van der Waals surface area (Å²) in [6, 6.07) is 29.8. The van der Waals surface area contributed by atoms with Gasteiger partial charge in [0.1, 0.15) is 11.6 Å². The number of ether oxygens (including phenoxy) is 1. The molecule has 0 aliphatic carbocycles. The van der Waals surface area contributed by atoms with Crippen LogP contribution in [0.3, 0.4) is 0 Å². The summed E-state index contributed by atoms with van der Waals surface area (Å²) in [5.41, 5.74) is 6.25. The van der Waals surface area contributed by atoms with E-state index in [1.807, 2.05) is 12.1 Å². The first-order valence-corrected chi connectivity index (χ1v) is 11.4. The van der Waals surface area contributed by atoms with Crippen molar-refractivity contribution in [1.82, 2.24) is 9.78 Å². The van der Waals surface area contributed by atoms with Gasteiger partial charge in [-0.1, -0.05) is 60.7 Å². The Morgan fingerprint density at radius 3 is 2.16 bits per heavy atom. The van der Waals surface area contributed by atoms with Crippen molar-refractivity contribution >= 4 is 5.82 Å². The highest BCUT2D eigenvalue weighted by molar-refractivity contribution is 5.55. The highest BCUT2D eigenvalue weighted by Crippen LogP contribution is 2.34. The van der Waals surface area contributed by atoms with Crippen molar-refractivity contribution in [1.29, 1.82) is 0 Å². The van der Waals surface area contributed by atoms with Gasteiger partial charge in [-0.25, -0.2) is 4.68 Å². The van der Waals surface area contributed by atoms with E-state index < -0.39 is 0 Å². The molecule has 1 aliphatic heterocycles. The number of benzene rings is 3. The second-order valence-corrected chi connectivity index (χ2v) is 8.35. The first kappa shape index (κ1) is 20.4. The first-order chi connectivity index (χ1) is 15.8. The number of hydrogen-bond acceptors (Lipinski definition) is 3. The SMILES string of the molecule is COc1ccc(-n2nc(CC(c3ccccc3)c3ccccc3)c3c2NCCCC3)cc1. The fraction of sp³-hybridized carbons (Fsp3) is 0.250. The fourth-order valence-electron chi connectivity index (χ4n) is 4.64. The Morgan fingerprint density at radius 2 is 1.53 bits per heavy atom. The molecule has 0 unspecified atom stereocenters. The van der Waals surface area contributed by atoms with Crippen molar-refractivity contribution < 1.29 is 4.74 Å². The molecule has 1 aliphatic rings. The van der Waals surface area contributed by atoms with Crippen LogP contribution in [0.15, 0.2) is 84.9 Å². The molecule has 32 heavy (non-hydrogen) atoms. The average Bonchev–Trinajstić information content (AvgIpc) is 3.02. The number of aromatic nitrogens is 2. The molecule has 0 spiro atoms. The van der Waals surface area contributed by atoms with E-state index in [2.05, 4.69) is 82.8 Å². The van der Waals surface area contributed by atoms with E-state index in [9.17, 15) is 0 Å². The molecule has 4 nitrogen and oxygen atoms in total. The Kier molecular flexibility index (Phi) is 5.93. The van der Waals surface area contributed by atoms with Crippen LogP contribution in [0.2, 0.25) is 0 Å². The molecule has 1 aromatic heterocycles. The van der Waals surface area contributed by atoms with Gasteiger partial charge < -0.3 is 10.1 Å². The van der Waals surface area contributed by atoms with Crippen LogP contribution < -0.4 is 10.1 Å². The van der Waals surface area contributed by atoms with Crippen LogP contribution in [0, 0.1) is 0 Å². The number of nitrogens with one attached hydrogen (secondary N) is 1. The minimum atomic E-state index is 0.268. The Bertz CT molecular complexity index is 1110. The minimum Gasteiger partial charge on any atom is -0.497 e. The highest BCUT2D eigenvalue weighted by Gasteiger charge is 2.24. The number of fused-ring (bicyclic) bond motifs is 1. The van der Waals surface area contributed by atoms with Crippen molar-refractivity contribution in [3.63, 3.8) is 0 Å². The lowest BCUT2D eigenvalue weighted by atomic mass is 9.86. The molecule has 4 aromatic rings. The van der Waals surface area contributed by atoms with E-state index in [4.69, 9.17) is 9.84 Å². The van der Waals surface area contributed by atoms with E-state index in [0.29, 0.717) is 0 Å². The standard InChI is InChI=1S/C28H29N3O/c1-32-24-17-15-23(16-18-24)31-28-25(14-8-9-19-29-28)27(30-31)20-26(21-10-4-2-5-11-21)22-12-6-3-7-13-22/h2-7,10-13,15-18,26,29H,8-9,14,19-20H2,1H3.